The van der Waals surface area contributed by atoms with E-state index in [0.717, 1.165) is 0 Å². The van der Waals surface area contributed by atoms with Crippen LogP contribution in [0.1, 0.15) is 26.7 Å². The summed E-state index contributed by atoms with van der Waals surface area (Å²) in [6.07, 6.45) is -0.251. The molecule has 1 rings (SSSR count). The van der Waals surface area contributed by atoms with E-state index in [0.29, 0.717) is 25.9 Å². The maximum absolute atomic E-state index is 12.0. The van der Waals surface area contributed by atoms with Crippen LogP contribution in [-0.2, 0) is 9.53 Å². The summed E-state index contributed by atoms with van der Waals surface area (Å²) in [5.41, 5.74) is 0. The van der Waals surface area contributed by atoms with Crippen molar-refractivity contribution in [3.63, 3.8) is 0 Å². The Balaban J connectivity index is 2.40. The molecule has 0 saturated carbocycles. The van der Waals surface area contributed by atoms with E-state index in [9.17, 15) is 9.59 Å². The van der Waals surface area contributed by atoms with E-state index >= 15 is 0 Å². The van der Waals surface area contributed by atoms with Gasteiger partial charge in [-0.2, -0.15) is 0 Å². The molecule has 0 aromatic rings. The van der Waals surface area contributed by atoms with Crippen molar-refractivity contribution >= 4 is 12.0 Å². The SMILES string of the molecule is CCN(CC)C(=O)[C@@H]1CC[C@@H](NC(=O)O)CO1. The summed E-state index contributed by atoms with van der Waals surface area (Å²) in [5, 5.41) is 10.9. The minimum Gasteiger partial charge on any atom is -0.465 e. The summed E-state index contributed by atoms with van der Waals surface area (Å²) in [7, 11) is 0. The van der Waals surface area contributed by atoms with Crippen LogP contribution in [0, 0.1) is 0 Å². The molecule has 0 unspecified atom stereocenters. The van der Waals surface area contributed by atoms with Gasteiger partial charge in [0, 0.05) is 13.1 Å². The Morgan fingerprint density at radius 2 is 2.00 bits per heavy atom. The van der Waals surface area contributed by atoms with E-state index in [1.165, 1.54) is 0 Å². The van der Waals surface area contributed by atoms with Gasteiger partial charge in [0.15, 0.2) is 0 Å². The molecule has 1 aliphatic heterocycles. The van der Waals surface area contributed by atoms with E-state index in [1.54, 1.807) is 4.90 Å². The van der Waals surface area contributed by atoms with Gasteiger partial charge < -0.3 is 20.1 Å². The van der Waals surface area contributed by atoms with Crippen LogP contribution >= 0.6 is 0 Å². The highest BCUT2D eigenvalue weighted by Crippen LogP contribution is 2.15. The smallest absolute Gasteiger partial charge is 0.404 e. The zero-order chi connectivity index (χ0) is 12.8. The number of hydrogen-bond acceptors (Lipinski definition) is 3. The van der Waals surface area contributed by atoms with Crippen molar-refractivity contribution in [2.75, 3.05) is 19.7 Å². The summed E-state index contributed by atoms with van der Waals surface area (Å²) < 4.78 is 5.42. The number of rotatable bonds is 4. The van der Waals surface area contributed by atoms with E-state index in [4.69, 9.17) is 9.84 Å². The maximum atomic E-state index is 12.0. The highest BCUT2D eigenvalue weighted by atomic mass is 16.5. The lowest BCUT2D eigenvalue weighted by molar-refractivity contribution is -0.146. The van der Waals surface area contributed by atoms with E-state index in [-0.39, 0.29) is 18.6 Å². The Morgan fingerprint density at radius 3 is 2.41 bits per heavy atom. The Kier molecular flexibility index (Phi) is 5.21. The molecule has 0 aromatic carbocycles. The van der Waals surface area contributed by atoms with Crippen LogP contribution in [-0.4, -0.2) is 53.8 Å². The average Bonchev–Trinajstić information content (AvgIpc) is 2.30. The quantitative estimate of drug-likeness (QED) is 0.762. The third-order valence-electron chi connectivity index (χ3n) is 2.95. The zero-order valence-electron chi connectivity index (χ0n) is 10.3. The molecule has 1 heterocycles. The molecule has 1 fully saturated rings. The zero-order valence-corrected chi connectivity index (χ0v) is 10.3. The van der Waals surface area contributed by atoms with Gasteiger partial charge in [-0.15, -0.1) is 0 Å². The minimum atomic E-state index is -1.05. The van der Waals surface area contributed by atoms with Crippen molar-refractivity contribution < 1.29 is 19.4 Å². The van der Waals surface area contributed by atoms with E-state index in [2.05, 4.69) is 5.32 Å². The van der Waals surface area contributed by atoms with Crippen molar-refractivity contribution in [1.29, 1.82) is 0 Å². The largest absolute Gasteiger partial charge is 0.465 e. The van der Waals surface area contributed by atoms with Gasteiger partial charge in [-0.1, -0.05) is 0 Å². The van der Waals surface area contributed by atoms with Crippen molar-refractivity contribution in [3.05, 3.63) is 0 Å². The van der Waals surface area contributed by atoms with E-state index < -0.39 is 12.2 Å². The van der Waals surface area contributed by atoms with Gasteiger partial charge in [0.25, 0.3) is 5.91 Å². The number of carboxylic acid groups (broad SMARTS) is 1. The topological polar surface area (TPSA) is 78.9 Å². The molecule has 17 heavy (non-hydrogen) atoms. The van der Waals surface area contributed by atoms with Crippen molar-refractivity contribution in [2.24, 2.45) is 0 Å². The fourth-order valence-corrected chi connectivity index (χ4v) is 1.97. The second-order valence-corrected chi connectivity index (χ2v) is 4.06. The van der Waals surface area contributed by atoms with Crippen molar-refractivity contribution in [3.8, 4) is 0 Å². The first-order valence-corrected chi connectivity index (χ1v) is 5.98. The van der Waals surface area contributed by atoms with Gasteiger partial charge >= 0.3 is 6.09 Å². The molecule has 2 amide bonds. The predicted octanol–water partition coefficient (Wildman–Crippen LogP) is 0.670. The molecule has 0 aromatic heterocycles. The highest BCUT2D eigenvalue weighted by molar-refractivity contribution is 5.81. The monoisotopic (exact) mass is 244 g/mol. The Labute approximate surface area is 101 Å². The van der Waals surface area contributed by atoms with Crippen LogP contribution in [0.5, 0.6) is 0 Å². The fourth-order valence-electron chi connectivity index (χ4n) is 1.97. The molecular weight excluding hydrogens is 224 g/mol. The molecule has 6 heteroatoms. The van der Waals surface area contributed by atoms with Gasteiger partial charge in [0.05, 0.1) is 12.6 Å². The van der Waals surface area contributed by atoms with E-state index in [1.807, 2.05) is 13.8 Å². The van der Waals surface area contributed by atoms with Gasteiger partial charge in [-0.05, 0) is 26.7 Å². The second-order valence-electron chi connectivity index (χ2n) is 4.06. The van der Waals surface area contributed by atoms with Gasteiger partial charge in [0.2, 0.25) is 0 Å². The molecule has 6 nitrogen and oxygen atoms in total. The lowest BCUT2D eigenvalue weighted by Gasteiger charge is -2.31. The van der Waals surface area contributed by atoms with Crippen molar-refractivity contribution in [2.45, 2.75) is 38.8 Å². The van der Waals surface area contributed by atoms with Crippen LogP contribution < -0.4 is 5.32 Å². The van der Waals surface area contributed by atoms with Crippen LogP contribution in [0.3, 0.4) is 0 Å². The second kappa shape index (κ2) is 6.44. The molecule has 0 aliphatic carbocycles. The van der Waals surface area contributed by atoms with Crippen LogP contribution in [0.2, 0.25) is 0 Å². The minimum absolute atomic E-state index is 0.00350. The number of nitrogens with one attached hydrogen (secondary N) is 1. The maximum Gasteiger partial charge on any atom is 0.404 e. The van der Waals surface area contributed by atoms with Gasteiger partial charge in [-0.25, -0.2) is 4.79 Å². The molecule has 0 bridgehead atoms. The molecule has 98 valence electrons. The van der Waals surface area contributed by atoms with Crippen LogP contribution in [0.15, 0.2) is 0 Å². The third-order valence-corrected chi connectivity index (χ3v) is 2.95. The van der Waals surface area contributed by atoms with Gasteiger partial charge in [-0.3, -0.25) is 4.79 Å². The third kappa shape index (κ3) is 3.89. The predicted molar refractivity (Wildman–Crippen MR) is 61.9 cm³/mol. The Hall–Kier alpha value is -1.30. The number of carbonyl (C=O) groups is 2. The highest BCUT2D eigenvalue weighted by Gasteiger charge is 2.29. The first-order chi connectivity index (χ1) is 8.08. The van der Waals surface area contributed by atoms with Crippen molar-refractivity contribution in [1.82, 2.24) is 10.2 Å². The normalized spacial score (nSPS) is 24.1. The summed E-state index contributed by atoms with van der Waals surface area (Å²) in [6, 6.07) is -0.201. The fraction of sp³-hybridized carbons (Fsp3) is 0.818. The van der Waals surface area contributed by atoms with Crippen LogP contribution in [0.4, 0.5) is 4.79 Å². The standard InChI is InChI=1S/C11H20N2O4/c1-3-13(4-2)10(14)9-6-5-8(7-17-9)12-11(15)16/h8-9,12H,3-7H2,1-2H3,(H,15,16)/t8-,9+/m1/s1. The van der Waals surface area contributed by atoms with Crippen LogP contribution in [0.25, 0.3) is 0 Å². The Morgan fingerprint density at radius 1 is 1.35 bits per heavy atom. The molecule has 0 spiro atoms. The summed E-state index contributed by atoms with van der Waals surface area (Å²) >= 11 is 0. The number of carbonyl (C=O) groups excluding carboxylic acids is 1. The lowest BCUT2D eigenvalue weighted by Crippen LogP contribution is -2.48. The average molecular weight is 244 g/mol. The lowest BCUT2D eigenvalue weighted by atomic mass is 10.0. The number of nitrogens with zero attached hydrogens (tertiary/aromatic N) is 1. The first kappa shape index (κ1) is 13.8. The van der Waals surface area contributed by atoms with Gasteiger partial charge in [0.1, 0.15) is 6.10 Å². The number of likely N-dealkylation sites (N-methyl/N-ethyl adjacent to an activating group) is 1. The molecule has 0 radical (unpaired) electrons. The molecular formula is C11H20N2O4. The number of ether oxygens (including phenoxy) is 1. The summed E-state index contributed by atoms with van der Waals surface area (Å²) in [6.45, 7) is 5.47. The number of amides is 2. The molecule has 2 atom stereocenters. The summed E-state index contributed by atoms with van der Waals surface area (Å²) in [4.78, 5) is 24.1. The molecule has 1 saturated heterocycles. The first-order valence-electron chi connectivity index (χ1n) is 5.98. The number of hydrogen-bond donors (Lipinski definition) is 2. The Bertz CT molecular complexity index is 271. The molecule has 2 N–H and O–H groups in total. The summed E-state index contributed by atoms with van der Waals surface area (Å²) in [5.74, 6) is 0.00350. The molecule has 1 aliphatic rings.